The summed E-state index contributed by atoms with van der Waals surface area (Å²) in [6, 6.07) is 1.96. The van der Waals surface area contributed by atoms with Gasteiger partial charge in [0.25, 0.3) is 0 Å². The fourth-order valence-electron chi connectivity index (χ4n) is 3.25. The molecule has 0 aliphatic carbocycles. The zero-order valence-electron chi connectivity index (χ0n) is 14.7. The largest absolute Gasteiger partial charge is 0.333 e. The van der Waals surface area contributed by atoms with Crippen molar-refractivity contribution in [3.05, 3.63) is 28.8 Å². The number of hydrogen-bond acceptors (Lipinski definition) is 6. The number of carbonyl (C=O) groups excluding carboxylic acids is 1. The summed E-state index contributed by atoms with van der Waals surface area (Å²) in [5.74, 6) is 4.25. The lowest BCUT2D eigenvalue weighted by Gasteiger charge is -2.28. The number of halogens is 1. The second-order valence-corrected chi connectivity index (χ2v) is 7.60. The third-order valence-corrected chi connectivity index (χ3v) is 5.29. The quantitative estimate of drug-likeness (QED) is 0.662. The molecule has 27 heavy (non-hydrogen) atoms. The van der Waals surface area contributed by atoms with Crippen molar-refractivity contribution >= 4 is 21.8 Å². The molecule has 0 aromatic carbocycles. The number of terminal acetylenes is 1. The molecular formula is C18H18BrN7O. The number of aromatic nitrogens is 4. The summed E-state index contributed by atoms with van der Waals surface area (Å²) in [6.45, 7) is 1.75. The van der Waals surface area contributed by atoms with Crippen molar-refractivity contribution in [2.75, 3.05) is 6.54 Å². The molecule has 0 unspecified atom stereocenters. The van der Waals surface area contributed by atoms with Gasteiger partial charge in [-0.05, 0) is 22.0 Å². The molecular weight excluding hydrogens is 410 g/mol. The highest BCUT2D eigenvalue weighted by molar-refractivity contribution is 9.10. The molecule has 9 heteroatoms. The lowest BCUT2D eigenvalue weighted by Crippen LogP contribution is -2.39. The van der Waals surface area contributed by atoms with E-state index in [2.05, 4.69) is 47.3 Å². The molecule has 4 heterocycles. The van der Waals surface area contributed by atoms with Gasteiger partial charge >= 0.3 is 0 Å². The van der Waals surface area contributed by atoms with Crippen molar-refractivity contribution in [3.63, 3.8) is 0 Å². The molecule has 0 atom stereocenters. The van der Waals surface area contributed by atoms with Gasteiger partial charge in [0.1, 0.15) is 0 Å². The Labute approximate surface area is 165 Å². The number of nitrogens with zero attached hydrogens (tertiary/aromatic N) is 7. The van der Waals surface area contributed by atoms with E-state index in [1.54, 1.807) is 12.4 Å². The normalized spacial score (nSPS) is 16.7. The molecule has 0 bridgehead atoms. The van der Waals surface area contributed by atoms with Crippen LogP contribution in [0, 0.1) is 12.3 Å². The van der Waals surface area contributed by atoms with Gasteiger partial charge in [-0.1, -0.05) is 0 Å². The van der Waals surface area contributed by atoms with E-state index >= 15 is 0 Å². The van der Waals surface area contributed by atoms with Crippen LogP contribution < -0.4 is 0 Å². The minimum absolute atomic E-state index is 0.0901. The van der Waals surface area contributed by atoms with E-state index in [-0.39, 0.29) is 5.91 Å². The van der Waals surface area contributed by atoms with Gasteiger partial charge in [-0.3, -0.25) is 9.78 Å². The fraction of sp³-hybridized carbons (Fsp3) is 0.444. The second kappa shape index (κ2) is 7.19. The maximum atomic E-state index is 12.6. The molecule has 8 nitrogen and oxygen atoms in total. The first-order chi connectivity index (χ1) is 13.1. The Morgan fingerprint density at radius 1 is 1.26 bits per heavy atom. The summed E-state index contributed by atoms with van der Waals surface area (Å²) in [5.41, 5.74) is 0.480. The average Bonchev–Trinajstić information content (AvgIpc) is 3.33. The predicted octanol–water partition coefficient (Wildman–Crippen LogP) is 2.80. The molecule has 0 spiro atoms. The summed E-state index contributed by atoms with van der Waals surface area (Å²) in [4.78, 5) is 18.6. The maximum absolute atomic E-state index is 12.6. The third-order valence-electron chi connectivity index (χ3n) is 4.86. The lowest BCUT2D eigenvalue weighted by molar-refractivity contribution is -0.133. The number of carbonyl (C=O) groups is 1. The molecule has 2 aliphatic heterocycles. The van der Waals surface area contributed by atoms with Gasteiger partial charge in [-0.25, -0.2) is 0 Å². The SMILES string of the molecule is C#CCCC1(CCC(=O)N2CCn3c(nnc3-c3cncc(Br)c3)C2)N=N1. The molecule has 2 aromatic heterocycles. The van der Waals surface area contributed by atoms with Crippen molar-refractivity contribution in [1.82, 2.24) is 24.6 Å². The highest BCUT2D eigenvalue weighted by Gasteiger charge is 2.39. The van der Waals surface area contributed by atoms with Crippen LogP contribution in [0.15, 0.2) is 33.2 Å². The summed E-state index contributed by atoms with van der Waals surface area (Å²) in [7, 11) is 0. The number of fused-ring (bicyclic) bond motifs is 1. The Balaban J connectivity index is 1.39. The number of rotatable bonds is 6. The minimum atomic E-state index is -0.418. The molecule has 0 N–H and O–H groups in total. The van der Waals surface area contributed by atoms with Crippen LogP contribution >= 0.6 is 15.9 Å². The van der Waals surface area contributed by atoms with E-state index in [1.165, 1.54) is 0 Å². The van der Waals surface area contributed by atoms with E-state index in [1.807, 2.05) is 15.5 Å². The first kappa shape index (κ1) is 17.8. The van der Waals surface area contributed by atoms with Crippen LogP contribution in [0.25, 0.3) is 11.4 Å². The van der Waals surface area contributed by atoms with E-state index in [4.69, 9.17) is 6.42 Å². The molecule has 0 fully saturated rings. The van der Waals surface area contributed by atoms with Crippen molar-refractivity contribution in [1.29, 1.82) is 0 Å². The Morgan fingerprint density at radius 3 is 2.85 bits per heavy atom. The van der Waals surface area contributed by atoms with Gasteiger partial charge < -0.3 is 9.47 Å². The molecule has 1 amide bonds. The summed E-state index contributed by atoms with van der Waals surface area (Å²) < 4.78 is 2.94. The van der Waals surface area contributed by atoms with Crippen LogP contribution in [0.1, 0.15) is 31.5 Å². The molecule has 0 saturated heterocycles. The highest BCUT2D eigenvalue weighted by Crippen LogP contribution is 2.37. The maximum Gasteiger partial charge on any atom is 0.223 e. The first-order valence-electron chi connectivity index (χ1n) is 8.78. The van der Waals surface area contributed by atoms with Crippen LogP contribution in [0.2, 0.25) is 0 Å². The van der Waals surface area contributed by atoms with Crippen LogP contribution in [-0.4, -0.2) is 42.8 Å². The van der Waals surface area contributed by atoms with Crippen molar-refractivity contribution in [3.8, 4) is 23.7 Å². The molecule has 0 radical (unpaired) electrons. The lowest BCUT2D eigenvalue weighted by atomic mass is 10.0. The van der Waals surface area contributed by atoms with E-state index in [9.17, 15) is 4.79 Å². The Morgan fingerprint density at radius 2 is 2.11 bits per heavy atom. The van der Waals surface area contributed by atoms with Gasteiger partial charge in [0.2, 0.25) is 5.91 Å². The van der Waals surface area contributed by atoms with E-state index in [0.717, 1.165) is 28.1 Å². The van der Waals surface area contributed by atoms with Crippen LogP contribution in [0.3, 0.4) is 0 Å². The van der Waals surface area contributed by atoms with Crippen LogP contribution in [0.4, 0.5) is 0 Å². The molecule has 4 rings (SSSR count). The second-order valence-electron chi connectivity index (χ2n) is 6.69. The van der Waals surface area contributed by atoms with E-state index in [0.29, 0.717) is 38.9 Å². The topological polar surface area (TPSA) is 88.6 Å². The highest BCUT2D eigenvalue weighted by atomic mass is 79.9. The average molecular weight is 428 g/mol. The first-order valence-corrected chi connectivity index (χ1v) is 9.58. The molecule has 2 aliphatic rings. The van der Waals surface area contributed by atoms with Crippen molar-refractivity contribution in [2.24, 2.45) is 10.2 Å². The van der Waals surface area contributed by atoms with Gasteiger partial charge in [0.15, 0.2) is 17.3 Å². The monoisotopic (exact) mass is 427 g/mol. The Hall–Kier alpha value is -2.60. The summed E-state index contributed by atoms with van der Waals surface area (Å²) in [6.07, 6.45) is 11.2. The standard InChI is InChI=1S/C18H18BrN7O/c1-2-3-5-18(23-24-18)6-4-16(27)25-7-8-26-15(12-25)21-22-17(26)13-9-14(19)11-20-10-13/h1,9-11H,3-8,12H2. The summed E-state index contributed by atoms with van der Waals surface area (Å²) in [5, 5.41) is 16.8. The third kappa shape index (κ3) is 3.76. The van der Waals surface area contributed by atoms with Gasteiger partial charge in [-0.15, -0.1) is 22.5 Å². The Kier molecular flexibility index (Phi) is 4.74. The van der Waals surface area contributed by atoms with Gasteiger partial charge in [0.05, 0.1) is 6.54 Å². The zero-order valence-corrected chi connectivity index (χ0v) is 16.3. The smallest absolute Gasteiger partial charge is 0.223 e. The van der Waals surface area contributed by atoms with Gasteiger partial charge in [-0.2, -0.15) is 10.2 Å². The van der Waals surface area contributed by atoms with Crippen LogP contribution in [0.5, 0.6) is 0 Å². The molecule has 138 valence electrons. The number of hydrogen-bond donors (Lipinski definition) is 0. The van der Waals surface area contributed by atoms with Crippen LogP contribution in [-0.2, 0) is 17.9 Å². The number of pyridine rings is 1. The molecule has 0 saturated carbocycles. The fourth-order valence-corrected chi connectivity index (χ4v) is 3.62. The van der Waals surface area contributed by atoms with E-state index < -0.39 is 5.66 Å². The molecule has 2 aromatic rings. The summed E-state index contributed by atoms with van der Waals surface area (Å²) >= 11 is 3.43. The van der Waals surface area contributed by atoms with Crippen molar-refractivity contribution < 1.29 is 4.79 Å². The predicted molar refractivity (Wildman–Crippen MR) is 101 cm³/mol. The van der Waals surface area contributed by atoms with Crippen molar-refractivity contribution in [2.45, 2.75) is 44.4 Å². The van der Waals surface area contributed by atoms with Gasteiger partial charge in [0, 0.05) is 61.2 Å². The number of amides is 1. The zero-order chi connectivity index (χ0) is 18.9. The Bertz CT molecular complexity index is 939. The minimum Gasteiger partial charge on any atom is -0.333 e.